The molecule has 2 saturated heterocycles. The fraction of sp³-hybridized carbons (Fsp3) is 0.667. The van der Waals surface area contributed by atoms with E-state index in [-0.39, 0.29) is 29.1 Å². The van der Waals surface area contributed by atoms with Crippen LogP contribution in [-0.2, 0) is 9.59 Å². The number of aliphatic hydroxyl groups excluding tert-OH is 1. The quantitative estimate of drug-likeness (QED) is 0.801. The zero-order valence-corrected chi connectivity index (χ0v) is 18.5. The number of β-amino-alcohol motifs (C(OH)–C–C–N with tert-alkyl or cyclic N) is 1. The lowest BCUT2D eigenvalue weighted by Gasteiger charge is -2.44. The normalized spacial score (nSPS) is 25.1. The first kappa shape index (κ1) is 22.6. The number of hydrogen-bond donors (Lipinski definition) is 1. The summed E-state index contributed by atoms with van der Waals surface area (Å²) in [5.74, 6) is 0.912. The van der Waals surface area contributed by atoms with Gasteiger partial charge in [0.15, 0.2) is 0 Å². The molecule has 0 aromatic heterocycles. The summed E-state index contributed by atoms with van der Waals surface area (Å²) in [5.41, 5.74) is 0.0322. The number of carbonyl (C=O) groups excluding carboxylic acids is 2. The summed E-state index contributed by atoms with van der Waals surface area (Å²) in [7, 11) is 0. The monoisotopic (exact) mass is 416 g/mol. The summed E-state index contributed by atoms with van der Waals surface area (Å²) in [6, 6.07) is 9.47. The molecule has 2 amide bonds. The maximum Gasteiger partial charge on any atom is 0.227 e. The van der Waals surface area contributed by atoms with Crippen LogP contribution in [0.1, 0.15) is 46.5 Å². The molecule has 0 saturated carbocycles. The van der Waals surface area contributed by atoms with Crippen molar-refractivity contribution in [3.8, 4) is 5.75 Å². The summed E-state index contributed by atoms with van der Waals surface area (Å²) < 4.78 is 5.64. The SMILES string of the molecule is CC(C)(C)[C@@H]1CCN(C(=O)[C@H]2CCCN(C(=O)CCOc3ccccc3)C2)C[C@@H]1O. The fourth-order valence-electron chi connectivity index (χ4n) is 4.74. The standard InChI is InChI=1S/C24H36N2O4/c1-24(2,3)20-11-14-26(17-21(20)27)23(29)18-8-7-13-25(16-18)22(28)12-15-30-19-9-5-4-6-10-19/h4-6,9-10,18,20-21,27H,7-8,11-17H2,1-3H3/t18-,20+,21-/m0/s1. The number of benzene rings is 1. The maximum absolute atomic E-state index is 13.1. The third kappa shape index (κ3) is 5.75. The van der Waals surface area contributed by atoms with E-state index in [4.69, 9.17) is 4.74 Å². The van der Waals surface area contributed by atoms with Crippen LogP contribution in [-0.4, -0.2) is 65.6 Å². The topological polar surface area (TPSA) is 70.1 Å². The van der Waals surface area contributed by atoms with E-state index in [1.54, 1.807) is 4.90 Å². The molecule has 3 rings (SSSR count). The Labute approximate surface area is 180 Å². The predicted molar refractivity (Wildman–Crippen MR) is 116 cm³/mol. The van der Waals surface area contributed by atoms with Gasteiger partial charge in [-0.25, -0.2) is 0 Å². The lowest BCUT2D eigenvalue weighted by Crippen LogP contribution is -2.53. The smallest absolute Gasteiger partial charge is 0.227 e. The number of hydrogen-bond acceptors (Lipinski definition) is 4. The highest BCUT2D eigenvalue weighted by Gasteiger charge is 2.39. The number of likely N-dealkylation sites (tertiary alicyclic amines) is 2. The number of aliphatic hydroxyl groups is 1. The Hall–Kier alpha value is -2.08. The number of piperidine rings is 2. The number of rotatable bonds is 5. The van der Waals surface area contributed by atoms with Gasteiger partial charge in [0, 0.05) is 26.2 Å². The first-order valence-electron chi connectivity index (χ1n) is 11.2. The number of amides is 2. The van der Waals surface area contributed by atoms with Crippen LogP contribution >= 0.6 is 0 Å². The van der Waals surface area contributed by atoms with Crippen molar-refractivity contribution in [2.45, 2.75) is 52.6 Å². The fourth-order valence-corrected chi connectivity index (χ4v) is 4.74. The van der Waals surface area contributed by atoms with E-state index < -0.39 is 6.10 Å². The summed E-state index contributed by atoms with van der Waals surface area (Å²) in [4.78, 5) is 29.3. The summed E-state index contributed by atoms with van der Waals surface area (Å²) >= 11 is 0. The Morgan fingerprint density at radius 2 is 1.80 bits per heavy atom. The molecule has 0 radical (unpaired) electrons. The molecule has 166 valence electrons. The summed E-state index contributed by atoms with van der Waals surface area (Å²) in [6.07, 6.45) is 2.29. The zero-order valence-electron chi connectivity index (χ0n) is 18.5. The van der Waals surface area contributed by atoms with Crippen LogP contribution in [0, 0.1) is 17.3 Å². The van der Waals surface area contributed by atoms with Crippen molar-refractivity contribution in [3.05, 3.63) is 30.3 Å². The molecule has 1 aromatic carbocycles. The van der Waals surface area contributed by atoms with Gasteiger partial charge in [-0.1, -0.05) is 39.0 Å². The molecule has 6 nitrogen and oxygen atoms in total. The Kier molecular flexibility index (Phi) is 7.40. The van der Waals surface area contributed by atoms with Crippen LogP contribution < -0.4 is 4.74 Å². The molecular weight excluding hydrogens is 380 g/mol. The Bertz CT molecular complexity index is 716. The molecule has 3 atom stereocenters. The molecule has 1 aromatic rings. The highest BCUT2D eigenvalue weighted by atomic mass is 16.5. The predicted octanol–water partition coefficient (Wildman–Crippen LogP) is 2.95. The molecule has 0 aliphatic carbocycles. The summed E-state index contributed by atoms with van der Waals surface area (Å²) in [5, 5.41) is 10.6. The Morgan fingerprint density at radius 3 is 2.47 bits per heavy atom. The van der Waals surface area contributed by atoms with E-state index in [1.165, 1.54) is 0 Å². The minimum Gasteiger partial charge on any atom is -0.493 e. The van der Waals surface area contributed by atoms with E-state index in [0.717, 1.165) is 25.0 Å². The van der Waals surface area contributed by atoms with E-state index in [9.17, 15) is 14.7 Å². The van der Waals surface area contributed by atoms with Crippen LogP contribution in [0.2, 0.25) is 0 Å². The van der Waals surface area contributed by atoms with Gasteiger partial charge in [0.05, 0.1) is 25.0 Å². The van der Waals surface area contributed by atoms with Gasteiger partial charge in [0.1, 0.15) is 5.75 Å². The first-order valence-corrected chi connectivity index (χ1v) is 11.2. The Morgan fingerprint density at radius 1 is 1.07 bits per heavy atom. The van der Waals surface area contributed by atoms with Crippen molar-refractivity contribution in [1.82, 2.24) is 9.80 Å². The molecule has 1 N–H and O–H groups in total. The van der Waals surface area contributed by atoms with E-state index >= 15 is 0 Å². The minimum absolute atomic E-state index is 0.0322. The van der Waals surface area contributed by atoms with Crippen molar-refractivity contribution in [2.75, 3.05) is 32.8 Å². The number of para-hydroxylation sites is 1. The largest absolute Gasteiger partial charge is 0.493 e. The van der Waals surface area contributed by atoms with Gasteiger partial charge in [-0.2, -0.15) is 0 Å². The van der Waals surface area contributed by atoms with Crippen molar-refractivity contribution in [2.24, 2.45) is 17.3 Å². The molecule has 2 heterocycles. The van der Waals surface area contributed by atoms with Gasteiger partial charge >= 0.3 is 0 Å². The highest BCUT2D eigenvalue weighted by molar-refractivity contribution is 5.81. The van der Waals surface area contributed by atoms with Crippen LogP contribution in [0.4, 0.5) is 0 Å². The second-order valence-electron chi connectivity index (χ2n) is 9.70. The van der Waals surface area contributed by atoms with Crippen LogP contribution in [0.3, 0.4) is 0 Å². The van der Waals surface area contributed by atoms with Gasteiger partial charge in [-0.15, -0.1) is 0 Å². The van der Waals surface area contributed by atoms with Crippen LogP contribution in [0.15, 0.2) is 30.3 Å². The first-order chi connectivity index (χ1) is 14.3. The average Bonchev–Trinajstić information content (AvgIpc) is 2.73. The van der Waals surface area contributed by atoms with Gasteiger partial charge in [0.25, 0.3) is 0 Å². The number of carbonyl (C=O) groups is 2. The molecule has 0 spiro atoms. The van der Waals surface area contributed by atoms with Crippen LogP contribution in [0.25, 0.3) is 0 Å². The molecule has 0 unspecified atom stereocenters. The van der Waals surface area contributed by atoms with E-state index in [1.807, 2.05) is 35.2 Å². The van der Waals surface area contributed by atoms with E-state index in [2.05, 4.69) is 20.8 Å². The molecule has 2 fully saturated rings. The van der Waals surface area contributed by atoms with Crippen molar-refractivity contribution >= 4 is 11.8 Å². The maximum atomic E-state index is 13.1. The van der Waals surface area contributed by atoms with E-state index in [0.29, 0.717) is 39.2 Å². The summed E-state index contributed by atoms with van der Waals surface area (Å²) in [6.45, 7) is 9.02. The second kappa shape index (κ2) is 9.82. The third-order valence-electron chi connectivity index (χ3n) is 6.46. The molecule has 2 aliphatic heterocycles. The number of ether oxygens (including phenoxy) is 1. The molecule has 0 bridgehead atoms. The average molecular weight is 417 g/mol. The molecule has 6 heteroatoms. The van der Waals surface area contributed by atoms with Gasteiger partial charge in [-0.05, 0) is 42.7 Å². The lowest BCUT2D eigenvalue weighted by atomic mass is 9.73. The molecule has 30 heavy (non-hydrogen) atoms. The van der Waals surface area contributed by atoms with Crippen molar-refractivity contribution in [1.29, 1.82) is 0 Å². The number of nitrogens with zero attached hydrogens (tertiary/aromatic N) is 2. The van der Waals surface area contributed by atoms with Gasteiger partial charge in [0.2, 0.25) is 11.8 Å². The van der Waals surface area contributed by atoms with Crippen LogP contribution in [0.5, 0.6) is 5.75 Å². The second-order valence-corrected chi connectivity index (χ2v) is 9.70. The highest BCUT2D eigenvalue weighted by Crippen LogP contribution is 2.35. The lowest BCUT2D eigenvalue weighted by molar-refractivity contribution is -0.145. The zero-order chi connectivity index (χ0) is 21.7. The third-order valence-corrected chi connectivity index (χ3v) is 6.46. The van der Waals surface area contributed by atoms with Gasteiger partial charge < -0.3 is 19.6 Å². The molecule has 2 aliphatic rings. The Balaban J connectivity index is 1.48. The minimum atomic E-state index is -0.487. The van der Waals surface area contributed by atoms with Crippen molar-refractivity contribution < 1.29 is 19.4 Å². The molecular formula is C24H36N2O4. The van der Waals surface area contributed by atoms with Gasteiger partial charge in [-0.3, -0.25) is 9.59 Å². The van der Waals surface area contributed by atoms with Crippen molar-refractivity contribution in [3.63, 3.8) is 0 Å².